The first kappa shape index (κ1) is 15.7. The molecule has 1 saturated carbocycles. The van der Waals surface area contributed by atoms with Crippen LogP contribution in [-0.4, -0.2) is 61.4 Å². The van der Waals surface area contributed by atoms with Crippen molar-refractivity contribution in [2.24, 2.45) is 5.92 Å². The first-order chi connectivity index (χ1) is 9.65. The van der Waals surface area contributed by atoms with E-state index >= 15 is 0 Å². The second-order valence-electron chi connectivity index (χ2n) is 6.09. The van der Waals surface area contributed by atoms with Crippen molar-refractivity contribution in [2.75, 3.05) is 27.2 Å². The van der Waals surface area contributed by atoms with Gasteiger partial charge < -0.3 is 20.1 Å². The van der Waals surface area contributed by atoms with Crippen LogP contribution in [0.4, 0.5) is 0 Å². The fourth-order valence-electron chi connectivity index (χ4n) is 3.49. The van der Waals surface area contributed by atoms with E-state index in [-0.39, 0.29) is 24.0 Å². The van der Waals surface area contributed by atoms with Gasteiger partial charge in [0, 0.05) is 20.1 Å². The number of aliphatic hydroxyl groups is 1. The number of nitrogens with zero attached hydrogens (tertiary/aromatic N) is 1. The average molecular weight is 284 g/mol. The van der Waals surface area contributed by atoms with Crippen LogP contribution < -0.4 is 5.32 Å². The van der Waals surface area contributed by atoms with Gasteiger partial charge in [-0.15, -0.1) is 0 Å². The van der Waals surface area contributed by atoms with Crippen molar-refractivity contribution in [3.05, 3.63) is 0 Å². The lowest BCUT2D eigenvalue weighted by molar-refractivity contribution is -0.142. The maximum Gasteiger partial charge on any atom is 0.225 e. The highest BCUT2D eigenvalue weighted by Gasteiger charge is 2.36. The van der Waals surface area contributed by atoms with Crippen LogP contribution in [0, 0.1) is 5.92 Å². The molecule has 0 spiro atoms. The molecular formula is C15H28N2O3. The van der Waals surface area contributed by atoms with Gasteiger partial charge in [-0.05, 0) is 38.8 Å². The minimum absolute atomic E-state index is 0.107. The molecule has 2 fully saturated rings. The quantitative estimate of drug-likeness (QED) is 0.751. The minimum atomic E-state index is -0.571. The Kier molecular flexibility index (Phi) is 5.81. The third-order valence-corrected chi connectivity index (χ3v) is 4.85. The van der Waals surface area contributed by atoms with E-state index < -0.39 is 6.10 Å². The van der Waals surface area contributed by atoms with Gasteiger partial charge in [0.2, 0.25) is 5.91 Å². The van der Waals surface area contributed by atoms with E-state index in [1.807, 2.05) is 7.05 Å². The van der Waals surface area contributed by atoms with Crippen LogP contribution in [0.3, 0.4) is 0 Å². The molecule has 1 saturated heterocycles. The first-order valence-corrected chi connectivity index (χ1v) is 7.83. The summed E-state index contributed by atoms with van der Waals surface area (Å²) in [5.74, 6) is 0.296. The summed E-state index contributed by atoms with van der Waals surface area (Å²) in [6.45, 7) is 1.83. The van der Waals surface area contributed by atoms with E-state index in [2.05, 4.69) is 5.32 Å². The zero-order chi connectivity index (χ0) is 14.5. The Morgan fingerprint density at radius 3 is 2.50 bits per heavy atom. The molecule has 1 aliphatic carbocycles. The van der Waals surface area contributed by atoms with Gasteiger partial charge in [-0.3, -0.25) is 4.79 Å². The molecule has 1 amide bonds. The summed E-state index contributed by atoms with van der Waals surface area (Å²) in [5.41, 5.74) is 0. The lowest BCUT2D eigenvalue weighted by atomic mass is 9.94. The summed E-state index contributed by atoms with van der Waals surface area (Å²) in [4.78, 5) is 14.4. The predicted molar refractivity (Wildman–Crippen MR) is 77.4 cm³/mol. The van der Waals surface area contributed by atoms with Crippen molar-refractivity contribution >= 4 is 5.91 Å². The van der Waals surface area contributed by atoms with Crippen molar-refractivity contribution in [1.82, 2.24) is 10.2 Å². The van der Waals surface area contributed by atoms with E-state index in [1.165, 1.54) is 0 Å². The van der Waals surface area contributed by atoms with E-state index in [0.717, 1.165) is 51.6 Å². The zero-order valence-corrected chi connectivity index (χ0v) is 12.7. The molecule has 1 aliphatic heterocycles. The number of methoxy groups -OCH3 is 1. The summed E-state index contributed by atoms with van der Waals surface area (Å²) in [5, 5.41) is 13.8. The van der Waals surface area contributed by atoms with E-state index in [9.17, 15) is 9.90 Å². The van der Waals surface area contributed by atoms with Gasteiger partial charge in [0.1, 0.15) is 6.10 Å². The number of carbonyl (C=O) groups excluding carboxylic acids is 1. The normalized spacial score (nSPS) is 32.6. The zero-order valence-electron chi connectivity index (χ0n) is 12.7. The number of likely N-dealkylation sites (N-methyl/N-ethyl adjacent to an activating group) is 1. The maximum absolute atomic E-state index is 12.6. The number of nitrogens with one attached hydrogen (secondary N) is 1. The van der Waals surface area contributed by atoms with Crippen molar-refractivity contribution in [2.45, 2.75) is 56.8 Å². The van der Waals surface area contributed by atoms with Crippen LogP contribution in [0.1, 0.15) is 38.5 Å². The average Bonchev–Trinajstić information content (AvgIpc) is 2.68. The Bertz CT molecular complexity index is 318. The summed E-state index contributed by atoms with van der Waals surface area (Å²) in [6, 6.07) is -0.107. The molecule has 0 bridgehead atoms. The molecule has 20 heavy (non-hydrogen) atoms. The van der Waals surface area contributed by atoms with E-state index in [4.69, 9.17) is 4.74 Å². The first-order valence-electron chi connectivity index (χ1n) is 7.83. The molecule has 0 aromatic carbocycles. The second kappa shape index (κ2) is 7.38. The topological polar surface area (TPSA) is 61.8 Å². The van der Waals surface area contributed by atoms with Crippen LogP contribution in [0.5, 0.6) is 0 Å². The van der Waals surface area contributed by atoms with Crippen LogP contribution in [0.2, 0.25) is 0 Å². The molecule has 0 aromatic heterocycles. The van der Waals surface area contributed by atoms with Crippen molar-refractivity contribution in [3.8, 4) is 0 Å². The van der Waals surface area contributed by atoms with Gasteiger partial charge in [0.15, 0.2) is 0 Å². The van der Waals surface area contributed by atoms with E-state index in [0.29, 0.717) is 0 Å². The second-order valence-corrected chi connectivity index (χ2v) is 6.09. The van der Waals surface area contributed by atoms with Crippen LogP contribution in [-0.2, 0) is 9.53 Å². The number of amides is 1. The highest BCUT2D eigenvalue weighted by Crippen LogP contribution is 2.26. The number of hydrogen-bond acceptors (Lipinski definition) is 4. The summed E-state index contributed by atoms with van der Waals surface area (Å²) in [7, 11) is 3.49. The minimum Gasteiger partial charge on any atom is -0.388 e. The molecule has 3 atom stereocenters. The molecule has 2 N–H and O–H groups in total. The number of hydrogen-bond donors (Lipinski definition) is 2. The molecule has 0 aromatic rings. The standard InChI is InChI=1S/C15H28N2O3/c1-17(15(19)11-7-9-16-10-8-11)12-5-3-4-6-13(20-2)14(12)18/h11-14,16,18H,3-10H2,1-2H3/t12-,13-,14-/m1/s1. The Morgan fingerprint density at radius 1 is 1.20 bits per heavy atom. The van der Waals surface area contributed by atoms with E-state index in [1.54, 1.807) is 12.0 Å². The molecule has 2 aliphatic rings. The molecule has 1 heterocycles. The lowest BCUT2D eigenvalue weighted by Crippen LogP contribution is -2.51. The molecule has 5 nitrogen and oxygen atoms in total. The molecule has 0 radical (unpaired) electrons. The van der Waals surface area contributed by atoms with Crippen LogP contribution in [0.15, 0.2) is 0 Å². The highest BCUT2D eigenvalue weighted by molar-refractivity contribution is 5.79. The van der Waals surface area contributed by atoms with Crippen molar-refractivity contribution in [1.29, 1.82) is 0 Å². The maximum atomic E-state index is 12.6. The Morgan fingerprint density at radius 2 is 1.85 bits per heavy atom. The summed E-state index contributed by atoms with van der Waals surface area (Å²) < 4.78 is 5.39. The molecule has 2 rings (SSSR count). The number of rotatable bonds is 3. The monoisotopic (exact) mass is 284 g/mol. The van der Waals surface area contributed by atoms with Gasteiger partial charge in [-0.25, -0.2) is 0 Å². The lowest BCUT2D eigenvalue weighted by Gasteiger charge is -2.36. The molecule has 5 heteroatoms. The molecular weight excluding hydrogens is 256 g/mol. The van der Waals surface area contributed by atoms with Crippen LogP contribution >= 0.6 is 0 Å². The smallest absolute Gasteiger partial charge is 0.225 e. The fraction of sp³-hybridized carbons (Fsp3) is 0.933. The highest BCUT2D eigenvalue weighted by atomic mass is 16.5. The summed E-state index contributed by atoms with van der Waals surface area (Å²) in [6.07, 6.45) is 4.94. The molecule has 116 valence electrons. The van der Waals surface area contributed by atoms with Gasteiger partial charge >= 0.3 is 0 Å². The van der Waals surface area contributed by atoms with Crippen molar-refractivity contribution < 1.29 is 14.6 Å². The molecule has 0 unspecified atom stereocenters. The van der Waals surface area contributed by atoms with Gasteiger partial charge in [-0.1, -0.05) is 12.8 Å². The fourth-order valence-corrected chi connectivity index (χ4v) is 3.49. The predicted octanol–water partition coefficient (Wildman–Crippen LogP) is 0.763. The van der Waals surface area contributed by atoms with Gasteiger partial charge in [-0.2, -0.15) is 0 Å². The number of ether oxygens (including phenoxy) is 1. The third kappa shape index (κ3) is 3.51. The van der Waals surface area contributed by atoms with Gasteiger partial charge in [0.25, 0.3) is 0 Å². The largest absolute Gasteiger partial charge is 0.388 e. The van der Waals surface area contributed by atoms with Gasteiger partial charge in [0.05, 0.1) is 12.1 Å². The number of piperidine rings is 1. The third-order valence-electron chi connectivity index (χ3n) is 4.85. The Balaban J connectivity index is 2.01. The Hall–Kier alpha value is -0.650. The number of aliphatic hydroxyl groups excluding tert-OH is 1. The van der Waals surface area contributed by atoms with Crippen molar-refractivity contribution in [3.63, 3.8) is 0 Å². The summed E-state index contributed by atoms with van der Waals surface area (Å²) >= 11 is 0. The number of carbonyl (C=O) groups is 1. The SMILES string of the molecule is CO[C@@H]1CCCC[C@@H](N(C)C(=O)C2CCNCC2)[C@H]1O. The Labute approximate surface area is 121 Å². The van der Waals surface area contributed by atoms with Crippen LogP contribution in [0.25, 0.3) is 0 Å².